The van der Waals surface area contributed by atoms with Crippen LogP contribution in [0.3, 0.4) is 0 Å². The first-order chi connectivity index (χ1) is 16.5. The average Bonchev–Trinajstić information content (AvgIpc) is 3.39. The highest BCUT2D eigenvalue weighted by Gasteiger charge is 2.16. The molecular weight excluding hydrogens is 434 g/mol. The van der Waals surface area contributed by atoms with Crippen LogP contribution < -0.4 is 10.3 Å². The van der Waals surface area contributed by atoms with Crippen molar-refractivity contribution in [2.75, 3.05) is 7.11 Å². The van der Waals surface area contributed by atoms with Crippen LogP contribution in [-0.2, 0) is 13.0 Å². The molecule has 0 aliphatic heterocycles. The Labute approximate surface area is 196 Å². The maximum Gasteiger partial charge on any atom is 0.335 e. The Morgan fingerprint density at radius 1 is 1.12 bits per heavy atom. The number of tetrazole rings is 1. The fraction of sp³-hybridized carbons (Fsp3) is 0.240. The first-order valence-corrected chi connectivity index (χ1v) is 11.0. The molecule has 2 aromatic heterocycles. The van der Waals surface area contributed by atoms with Gasteiger partial charge in [0.25, 0.3) is 5.56 Å². The zero-order valence-corrected chi connectivity index (χ0v) is 19.0. The molecule has 0 amide bonds. The van der Waals surface area contributed by atoms with E-state index in [1.54, 1.807) is 17.7 Å². The first-order valence-electron chi connectivity index (χ1n) is 11.0. The van der Waals surface area contributed by atoms with E-state index in [0.717, 1.165) is 35.1 Å². The summed E-state index contributed by atoms with van der Waals surface area (Å²) in [6.45, 7) is 2.32. The Balaban J connectivity index is 1.74. The molecule has 9 heteroatoms. The molecule has 0 bridgehead atoms. The number of carbonyl (C=O) groups is 1. The third-order valence-electron chi connectivity index (χ3n) is 5.69. The van der Waals surface area contributed by atoms with E-state index in [-0.39, 0.29) is 17.7 Å². The summed E-state index contributed by atoms with van der Waals surface area (Å²) in [7, 11) is 1.59. The molecule has 0 spiro atoms. The molecule has 0 fully saturated rings. The molecule has 4 aromatic rings. The van der Waals surface area contributed by atoms with Crippen LogP contribution in [0.25, 0.3) is 22.5 Å². The van der Waals surface area contributed by atoms with E-state index in [1.165, 1.54) is 6.07 Å². The van der Waals surface area contributed by atoms with E-state index >= 15 is 0 Å². The van der Waals surface area contributed by atoms with E-state index in [0.29, 0.717) is 23.7 Å². The zero-order valence-electron chi connectivity index (χ0n) is 19.0. The summed E-state index contributed by atoms with van der Waals surface area (Å²) < 4.78 is 7.29. The molecule has 2 N–H and O–H groups in total. The molecule has 0 unspecified atom stereocenters. The molecule has 0 aliphatic carbocycles. The van der Waals surface area contributed by atoms with Crippen molar-refractivity contribution in [2.24, 2.45) is 0 Å². The summed E-state index contributed by atoms with van der Waals surface area (Å²) in [6.07, 6.45) is 2.40. The molecule has 0 saturated carbocycles. The Kier molecular flexibility index (Phi) is 6.82. The molecule has 34 heavy (non-hydrogen) atoms. The van der Waals surface area contributed by atoms with Crippen molar-refractivity contribution in [3.63, 3.8) is 0 Å². The number of hydrogen-bond donors (Lipinski definition) is 2. The van der Waals surface area contributed by atoms with Crippen molar-refractivity contribution in [3.05, 3.63) is 81.8 Å². The standard InChI is InChI=1S/C25H25N5O4/c1-3-4-7-19-12-18(25(32)33)14-23(31)30(19)15-17-11-10-16(13-22(17)34-2)20-8-5-6-9-21(20)24-26-28-29-27-24/h5-6,8-14H,3-4,7,15H2,1-2H3,(H,32,33)(H,26,27,28,29). The molecule has 0 radical (unpaired) electrons. The number of methoxy groups -OCH3 is 1. The minimum absolute atomic E-state index is 0.00717. The monoisotopic (exact) mass is 459 g/mol. The lowest BCUT2D eigenvalue weighted by Crippen LogP contribution is -2.25. The maximum atomic E-state index is 12.8. The Morgan fingerprint density at radius 2 is 1.91 bits per heavy atom. The number of aromatic nitrogens is 5. The molecule has 174 valence electrons. The van der Waals surface area contributed by atoms with E-state index in [1.807, 2.05) is 42.5 Å². The molecule has 2 aromatic carbocycles. The topological polar surface area (TPSA) is 123 Å². The number of nitrogens with one attached hydrogen (secondary N) is 1. The quantitative estimate of drug-likeness (QED) is 0.390. The summed E-state index contributed by atoms with van der Waals surface area (Å²) in [5.41, 5.74) is 3.81. The summed E-state index contributed by atoms with van der Waals surface area (Å²) in [5.74, 6) is 0.00421. The van der Waals surface area contributed by atoms with Crippen molar-refractivity contribution in [1.82, 2.24) is 25.2 Å². The summed E-state index contributed by atoms with van der Waals surface area (Å²) in [6, 6.07) is 16.3. The fourth-order valence-corrected chi connectivity index (χ4v) is 3.94. The van der Waals surface area contributed by atoms with Gasteiger partial charge in [-0.1, -0.05) is 49.7 Å². The number of benzene rings is 2. The largest absolute Gasteiger partial charge is 0.496 e. The highest BCUT2D eigenvalue weighted by atomic mass is 16.5. The van der Waals surface area contributed by atoms with Crippen LogP contribution in [0.5, 0.6) is 5.75 Å². The third kappa shape index (κ3) is 4.73. The number of aryl methyl sites for hydroxylation is 1. The van der Waals surface area contributed by atoms with Gasteiger partial charge in [0.1, 0.15) is 5.75 Å². The lowest BCUT2D eigenvalue weighted by atomic mass is 9.97. The van der Waals surface area contributed by atoms with Crippen LogP contribution in [0.15, 0.2) is 59.4 Å². The Hall–Kier alpha value is -4.27. The number of pyridine rings is 1. The number of ether oxygens (including phenoxy) is 1. The van der Waals surface area contributed by atoms with Gasteiger partial charge in [-0.05, 0) is 41.3 Å². The van der Waals surface area contributed by atoms with Crippen molar-refractivity contribution >= 4 is 5.97 Å². The predicted molar refractivity (Wildman–Crippen MR) is 127 cm³/mol. The van der Waals surface area contributed by atoms with Crippen LogP contribution in [0.4, 0.5) is 0 Å². The van der Waals surface area contributed by atoms with Gasteiger partial charge in [0.05, 0.1) is 19.2 Å². The van der Waals surface area contributed by atoms with E-state index < -0.39 is 5.97 Å². The third-order valence-corrected chi connectivity index (χ3v) is 5.69. The summed E-state index contributed by atoms with van der Waals surface area (Å²) >= 11 is 0. The first kappa shape index (κ1) is 22.9. The summed E-state index contributed by atoms with van der Waals surface area (Å²) in [5, 5.41) is 23.7. The van der Waals surface area contributed by atoms with Crippen molar-refractivity contribution < 1.29 is 14.6 Å². The van der Waals surface area contributed by atoms with Gasteiger partial charge in [0, 0.05) is 22.9 Å². The van der Waals surface area contributed by atoms with Crippen LogP contribution in [0.1, 0.15) is 41.4 Å². The van der Waals surface area contributed by atoms with Crippen LogP contribution in [0, 0.1) is 0 Å². The molecular formula is C25H25N5O4. The SMILES string of the molecule is CCCCc1cc(C(=O)O)cc(=O)n1Cc1ccc(-c2ccccc2-c2nn[nH]n2)cc1OC. The molecule has 0 atom stereocenters. The van der Waals surface area contributed by atoms with Gasteiger partial charge in [0.15, 0.2) is 0 Å². The number of aromatic carboxylic acids is 1. The number of rotatable bonds is 9. The second-order valence-electron chi connectivity index (χ2n) is 7.88. The number of nitrogens with zero attached hydrogens (tertiary/aromatic N) is 4. The van der Waals surface area contributed by atoms with Crippen LogP contribution in [0.2, 0.25) is 0 Å². The van der Waals surface area contributed by atoms with E-state index in [9.17, 15) is 14.7 Å². The van der Waals surface area contributed by atoms with E-state index in [4.69, 9.17) is 4.74 Å². The zero-order chi connectivity index (χ0) is 24.1. The van der Waals surface area contributed by atoms with Gasteiger partial charge in [0.2, 0.25) is 5.82 Å². The molecule has 9 nitrogen and oxygen atoms in total. The number of H-pyrrole nitrogens is 1. The average molecular weight is 460 g/mol. The van der Waals surface area contributed by atoms with Crippen molar-refractivity contribution in [2.45, 2.75) is 32.7 Å². The smallest absolute Gasteiger partial charge is 0.335 e. The van der Waals surface area contributed by atoms with Gasteiger partial charge in [-0.25, -0.2) is 4.79 Å². The maximum absolute atomic E-state index is 12.8. The minimum Gasteiger partial charge on any atom is -0.496 e. The van der Waals surface area contributed by atoms with Gasteiger partial charge >= 0.3 is 5.97 Å². The van der Waals surface area contributed by atoms with Crippen molar-refractivity contribution in [1.29, 1.82) is 0 Å². The highest BCUT2D eigenvalue weighted by molar-refractivity contribution is 5.87. The van der Waals surface area contributed by atoms with Gasteiger partial charge in [-0.3, -0.25) is 4.79 Å². The fourth-order valence-electron chi connectivity index (χ4n) is 3.94. The second kappa shape index (κ2) is 10.1. The Morgan fingerprint density at radius 3 is 2.59 bits per heavy atom. The lowest BCUT2D eigenvalue weighted by Gasteiger charge is -2.17. The normalized spacial score (nSPS) is 10.9. The number of aromatic amines is 1. The van der Waals surface area contributed by atoms with Crippen molar-refractivity contribution in [3.8, 4) is 28.3 Å². The predicted octanol–water partition coefficient (Wildman–Crippen LogP) is 3.79. The van der Waals surface area contributed by atoms with Gasteiger partial charge in [-0.15, -0.1) is 10.2 Å². The number of unbranched alkanes of at least 4 members (excludes halogenated alkanes) is 1. The molecule has 2 heterocycles. The number of carboxylic acids is 1. The van der Waals surface area contributed by atoms with Gasteiger partial charge < -0.3 is 14.4 Å². The minimum atomic E-state index is -1.11. The lowest BCUT2D eigenvalue weighted by molar-refractivity contribution is 0.0696. The second-order valence-corrected chi connectivity index (χ2v) is 7.88. The molecule has 0 aliphatic rings. The number of hydrogen-bond acceptors (Lipinski definition) is 6. The molecule has 0 saturated heterocycles. The number of carboxylic acid groups (broad SMARTS) is 1. The van der Waals surface area contributed by atoms with Crippen LogP contribution in [-0.4, -0.2) is 43.4 Å². The summed E-state index contributed by atoms with van der Waals surface area (Å²) in [4.78, 5) is 24.3. The highest BCUT2D eigenvalue weighted by Crippen LogP contribution is 2.33. The van der Waals surface area contributed by atoms with Gasteiger partial charge in [-0.2, -0.15) is 5.21 Å². The van der Waals surface area contributed by atoms with E-state index in [2.05, 4.69) is 27.5 Å². The Bertz CT molecular complexity index is 1360. The molecule has 4 rings (SSSR count). The van der Waals surface area contributed by atoms with Crippen LogP contribution >= 0.6 is 0 Å².